The van der Waals surface area contributed by atoms with Gasteiger partial charge in [-0.05, 0) is 30.0 Å². The van der Waals surface area contributed by atoms with E-state index in [4.69, 9.17) is 0 Å². The first-order valence-electron chi connectivity index (χ1n) is 4.12. The van der Waals surface area contributed by atoms with Gasteiger partial charge in [0.25, 0.3) is 0 Å². The summed E-state index contributed by atoms with van der Waals surface area (Å²) in [6.07, 6.45) is 1.63. The molecule has 0 unspecified atom stereocenters. The van der Waals surface area contributed by atoms with Crippen molar-refractivity contribution in [3.8, 4) is 0 Å². The fourth-order valence-electron chi connectivity index (χ4n) is 1.49. The van der Waals surface area contributed by atoms with Crippen LogP contribution in [0.1, 0.15) is 17.9 Å². The lowest BCUT2D eigenvalue weighted by Crippen LogP contribution is -1.89. The Balaban J connectivity index is 2.23. The molecule has 1 saturated carbocycles. The summed E-state index contributed by atoms with van der Waals surface area (Å²) in [5.41, 5.74) is 0.719. The van der Waals surface area contributed by atoms with E-state index in [1.165, 1.54) is 12.1 Å². The highest BCUT2D eigenvalue weighted by molar-refractivity contribution is 5.61. The summed E-state index contributed by atoms with van der Waals surface area (Å²) in [4.78, 5) is 10.3. The van der Waals surface area contributed by atoms with Crippen molar-refractivity contribution in [2.24, 2.45) is 5.92 Å². The molecule has 0 aliphatic heterocycles. The smallest absolute Gasteiger partial charge is 0.159 e. The van der Waals surface area contributed by atoms with Crippen LogP contribution < -0.4 is 0 Å². The molecule has 2 atom stereocenters. The number of benzene rings is 1. The SMILES string of the molecule is O=C[C@@H]1C[C@H]1c1ccc(F)c(F)c1. The van der Waals surface area contributed by atoms with Crippen LogP contribution in [0.3, 0.4) is 0 Å². The van der Waals surface area contributed by atoms with Gasteiger partial charge < -0.3 is 4.79 Å². The molecule has 3 heteroatoms. The molecule has 1 aliphatic carbocycles. The molecule has 1 aromatic rings. The lowest BCUT2D eigenvalue weighted by atomic mass is 10.1. The van der Waals surface area contributed by atoms with Crippen molar-refractivity contribution in [1.29, 1.82) is 0 Å². The summed E-state index contributed by atoms with van der Waals surface area (Å²) in [5.74, 6) is -1.57. The van der Waals surface area contributed by atoms with Crippen LogP contribution in [0.25, 0.3) is 0 Å². The maximum atomic E-state index is 12.7. The summed E-state index contributed by atoms with van der Waals surface area (Å²) in [6, 6.07) is 3.81. The predicted octanol–water partition coefficient (Wildman–Crippen LogP) is 2.27. The van der Waals surface area contributed by atoms with Crippen molar-refractivity contribution in [2.75, 3.05) is 0 Å². The molecule has 0 bridgehead atoms. The lowest BCUT2D eigenvalue weighted by molar-refractivity contribution is -0.108. The van der Waals surface area contributed by atoms with Crippen molar-refractivity contribution >= 4 is 6.29 Å². The van der Waals surface area contributed by atoms with Crippen molar-refractivity contribution < 1.29 is 13.6 Å². The first-order valence-corrected chi connectivity index (χ1v) is 4.12. The summed E-state index contributed by atoms with van der Waals surface area (Å²) < 4.78 is 25.3. The van der Waals surface area contributed by atoms with Crippen LogP contribution in [-0.2, 0) is 4.79 Å². The molecule has 1 nitrogen and oxygen atoms in total. The maximum Gasteiger partial charge on any atom is 0.159 e. The topological polar surface area (TPSA) is 17.1 Å². The molecule has 1 aromatic carbocycles. The fourth-order valence-corrected chi connectivity index (χ4v) is 1.49. The van der Waals surface area contributed by atoms with Crippen molar-refractivity contribution in [3.63, 3.8) is 0 Å². The van der Waals surface area contributed by atoms with Crippen LogP contribution in [-0.4, -0.2) is 6.29 Å². The number of hydrogen-bond acceptors (Lipinski definition) is 1. The van der Waals surface area contributed by atoms with Crippen LogP contribution in [0, 0.1) is 17.6 Å². The van der Waals surface area contributed by atoms with Crippen LogP contribution in [0.2, 0.25) is 0 Å². The third-order valence-corrected chi connectivity index (χ3v) is 2.39. The molecule has 1 aliphatic rings. The van der Waals surface area contributed by atoms with Crippen molar-refractivity contribution in [2.45, 2.75) is 12.3 Å². The van der Waals surface area contributed by atoms with Gasteiger partial charge in [0.15, 0.2) is 11.6 Å². The molecule has 0 spiro atoms. The molecule has 13 heavy (non-hydrogen) atoms. The Morgan fingerprint density at radius 2 is 2.08 bits per heavy atom. The van der Waals surface area contributed by atoms with Gasteiger partial charge in [0.2, 0.25) is 0 Å². The van der Waals surface area contributed by atoms with Crippen molar-refractivity contribution in [1.82, 2.24) is 0 Å². The molecule has 0 heterocycles. The second-order valence-corrected chi connectivity index (χ2v) is 3.32. The molecule has 2 rings (SSSR count). The summed E-state index contributed by atoms with van der Waals surface area (Å²) in [5, 5.41) is 0. The van der Waals surface area contributed by atoms with E-state index in [-0.39, 0.29) is 11.8 Å². The second kappa shape index (κ2) is 2.91. The van der Waals surface area contributed by atoms with Gasteiger partial charge in [-0.1, -0.05) is 6.07 Å². The van der Waals surface area contributed by atoms with Crippen molar-refractivity contribution in [3.05, 3.63) is 35.4 Å². The molecular formula is C10H8F2O. The summed E-state index contributed by atoms with van der Waals surface area (Å²) in [6.45, 7) is 0. The normalized spacial score (nSPS) is 25.7. The monoisotopic (exact) mass is 182 g/mol. The Morgan fingerprint density at radius 3 is 2.62 bits per heavy atom. The number of halogens is 2. The standard InChI is InChI=1S/C10H8F2O/c11-9-2-1-6(4-10(9)12)8-3-7(8)5-13/h1-2,4-5,7-8H,3H2/t7-,8-/m0/s1. The highest BCUT2D eigenvalue weighted by Crippen LogP contribution is 2.45. The number of carbonyl (C=O) groups excluding carboxylic acids is 1. The molecule has 68 valence electrons. The second-order valence-electron chi connectivity index (χ2n) is 3.32. The van der Waals surface area contributed by atoms with Gasteiger partial charge in [-0.25, -0.2) is 8.78 Å². The Kier molecular flexibility index (Phi) is 1.87. The minimum absolute atomic E-state index is 0.00450. The van der Waals surface area contributed by atoms with Gasteiger partial charge in [0.1, 0.15) is 6.29 Å². The van der Waals surface area contributed by atoms with E-state index in [9.17, 15) is 13.6 Å². The number of hydrogen-bond donors (Lipinski definition) is 0. The van der Waals surface area contributed by atoms with E-state index >= 15 is 0 Å². The van der Waals surface area contributed by atoms with E-state index < -0.39 is 11.6 Å². The quantitative estimate of drug-likeness (QED) is 0.641. The van der Waals surface area contributed by atoms with Gasteiger partial charge in [0, 0.05) is 5.92 Å². The zero-order chi connectivity index (χ0) is 9.42. The van der Waals surface area contributed by atoms with Gasteiger partial charge in [-0.2, -0.15) is 0 Å². The summed E-state index contributed by atoms with van der Waals surface area (Å²) in [7, 11) is 0. The van der Waals surface area contributed by atoms with Crippen LogP contribution in [0.15, 0.2) is 18.2 Å². The Hall–Kier alpha value is -1.25. The molecular weight excluding hydrogens is 174 g/mol. The van der Waals surface area contributed by atoms with Gasteiger partial charge in [-0.15, -0.1) is 0 Å². The summed E-state index contributed by atoms with van der Waals surface area (Å²) >= 11 is 0. The first-order chi connectivity index (χ1) is 6.22. The molecule has 0 N–H and O–H groups in total. The minimum atomic E-state index is -0.841. The molecule has 0 aromatic heterocycles. The zero-order valence-corrected chi connectivity index (χ0v) is 6.84. The largest absolute Gasteiger partial charge is 0.303 e. The van der Waals surface area contributed by atoms with Gasteiger partial charge >= 0.3 is 0 Å². The van der Waals surface area contributed by atoms with Crippen LogP contribution in [0.5, 0.6) is 0 Å². The van der Waals surface area contributed by atoms with Gasteiger partial charge in [0.05, 0.1) is 0 Å². The fraction of sp³-hybridized carbons (Fsp3) is 0.300. The van der Waals surface area contributed by atoms with E-state index in [0.29, 0.717) is 0 Å². The third kappa shape index (κ3) is 1.46. The Bertz CT molecular complexity index is 349. The highest BCUT2D eigenvalue weighted by atomic mass is 19.2. The van der Waals surface area contributed by atoms with E-state index in [2.05, 4.69) is 0 Å². The lowest BCUT2D eigenvalue weighted by Gasteiger charge is -1.98. The molecule has 1 fully saturated rings. The van der Waals surface area contributed by atoms with Gasteiger partial charge in [-0.3, -0.25) is 0 Å². The minimum Gasteiger partial charge on any atom is -0.303 e. The van der Waals surface area contributed by atoms with E-state index in [0.717, 1.165) is 24.3 Å². The highest BCUT2D eigenvalue weighted by Gasteiger charge is 2.38. The van der Waals surface area contributed by atoms with Crippen LogP contribution >= 0.6 is 0 Å². The Labute approximate surface area is 74.4 Å². The number of carbonyl (C=O) groups is 1. The van der Waals surface area contributed by atoms with E-state index in [1.807, 2.05) is 0 Å². The van der Waals surface area contributed by atoms with E-state index in [1.54, 1.807) is 0 Å². The zero-order valence-electron chi connectivity index (χ0n) is 6.84. The average Bonchev–Trinajstić information content (AvgIpc) is 2.88. The third-order valence-electron chi connectivity index (χ3n) is 2.39. The average molecular weight is 182 g/mol. The predicted molar refractivity (Wildman–Crippen MR) is 43.3 cm³/mol. The number of rotatable bonds is 2. The molecule has 0 amide bonds. The maximum absolute atomic E-state index is 12.7. The van der Waals surface area contributed by atoms with Crippen LogP contribution in [0.4, 0.5) is 8.78 Å². The molecule has 0 saturated heterocycles. The molecule has 0 radical (unpaired) electrons. The first kappa shape index (κ1) is 8.35. The Morgan fingerprint density at radius 1 is 1.31 bits per heavy atom. The number of aldehydes is 1.